The van der Waals surface area contributed by atoms with Gasteiger partial charge in [-0.05, 0) is 25.8 Å². The van der Waals surface area contributed by atoms with E-state index in [0.717, 1.165) is 12.0 Å². The average molecular weight is 205 g/mol. The van der Waals surface area contributed by atoms with E-state index in [1.165, 1.54) is 0 Å². The SMILES string of the molecule is CC[C@H](C)NC(=O)[C@H](C)c1ccccc1. The van der Waals surface area contributed by atoms with E-state index in [1.54, 1.807) is 0 Å². The molecule has 0 saturated carbocycles. The van der Waals surface area contributed by atoms with Crippen LogP contribution in [0.4, 0.5) is 0 Å². The highest BCUT2D eigenvalue weighted by Gasteiger charge is 2.15. The Labute approximate surface area is 91.7 Å². The van der Waals surface area contributed by atoms with Crippen LogP contribution in [0.15, 0.2) is 30.3 Å². The number of carbonyl (C=O) groups excluding carboxylic acids is 1. The fraction of sp³-hybridized carbons (Fsp3) is 0.462. The molecule has 0 spiro atoms. The van der Waals surface area contributed by atoms with E-state index in [0.29, 0.717) is 0 Å². The second kappa shape index (κ2) is 5.54. The Morgan fingerprint density at radius 2 is 1.87 bits per heavy atom. The van der Waals surface area contributed by atoms with Gasteiger partial charge in [-0.2, -0.15) is 0 Å². The average Bonchev–Trinajstić information content (AvgIpc) is 2.29. The van der Waals surface area contributed by atoms with Gasteiger partial charge in [-0.25, -0.2) is 0 Å². The number of amides is 1. The third kappa shape index (κ3) is 3.39. The zero-order valence-corrected chi connectivity index (χ0v) is 9.66. The molecule has 0 fully saturated rings. The molecule has 0 aliphatic rings. The largest absolute Gasteiger partial charge is 0.353 e. The van der Waals surface area contributed by atoms with Crippen LogP contribution in [0, 0.1) is 0 Å². The topological polar surface area (TPSA) is 29.1 Å². The van der Waals surface area contributed by atoms with Gasteiger partial charge in [0.15, 0.2) is 0 Å². The van der Waals surface area contributed by atoms with Crippen molar-refractivity contribution in [2.75, 3.05) is 0 Å². The molecular formula is C13H19NO. The van der Waals surface area contributed by atoms with Gasteiger partial charge in [0, 0.05) is 6.04 Å². The molecular weight excluding hydrogens is 186 g/mol. The second-order valence-corrected chi connectivity index (χ2v) is 3.95. The van der Waals surface area contributed by atoms with E-state index in [1.807, 2.05) is 44.2 Å². The molecule has 0 unspecified atom stereocenters. The van der Waals surface area contributed by atoms with Crippen LogP contribution in [0.5, 0.6) is 0 Å². The molecule has 0 heterocycles. The van der Waals surface area contributed by atoms with Crippen LogP contribution < -0.4 is 5.32 Å². The summed E-state index contributed by atoms with van der Waals surface area (Å²) in [5.41, 5.74) is 1.07. The molecule has 0 bridgehead atoms. The number of rotatable bonds is 4. The molecule has 1 N–H and O–H groups in total. The monoisotopic (exact) mass is 205 g/mol. The highest BCUT2D eigenvalue weighted by atomic mass is 16.1. The van der Waals surface area contributed by atoms with Gasteiger partial charge in [-0.15, -0.1) is 0 Å². The third-order valence-corrected chi connectivity index (χ3v) is 2.69. The summed E-state index contributed by atoms with van der Waals surface area (Å²) in [5.74, 6) is 0.0377. The van der Waals surface area contributed by atoms with Gasteiger partial charge in [0.05, 0.1) is 5.92 Å². The molecule has 0 aliphatic heterocycles. The summed E-state index contributed by atoms with van der Waals surface area (Å²) in [6, 6.07) is 10.1. The fourth-order valence-corrected chi connectivity index (χ4v) is 1.36. The van der Waals surface area contributed by atoms with Gasteiger partial charge in [-0.1, -0.05) is 37.3 Å². The summed E-state index contributed by atoms with van der Waals surface area (Å²) in [4.78, 5) is 11.8. The van der Waals surface area contributed by atoms with Crippen LogP contribution in [0.2, 0.25) is 0 Å². The van der Waals surface area contributed by atoms with Crippen molar-refractivity contribution in [3.63, 3.8) is 0 Å². The zero-order valence-electron chi connectivity index (χ0n) is 9.66. The number of hydrogen-bond donors (Lipinski definition) is 1. The number of benzene rings is 1. The minimum Gasteiger partial charge on any atom is -0.353 e. The quantitative estimate of drug-likeness (QED) is 0.804. The van der Waals surface area contributed by atoms with Gasteiger partial charge in [0.25, 0.3) is 0 Å². The number of hydrogen-bond acceptors (Lipinski definition) is 1. The van der Waals surface area contributed by atoms with Crippen LogP contribution >= 0.6 is 0 Å². The van der Waals surface area contributed by atoms with Crippen molar-refractivity contribution < 1.29 is 4.79 Å². The first-order valence-electron chi connectivity index (χ1n) is 5.50. The standard InChI is InChI=1S/C13H19NO/c1-4-10(2)14-13(15)11(3)12-8-6-5-7-9-12/h5-11H,4H2,1-3H3,(H,14,15)/t10-,11+/m0/s1. The Kier molecular flexibility index (Phi) is 4.35. The summed E-state index contributed by atoms with van der Waals surface area (Å²) in [6.45, 7) is 6.03. The zero-order chi connectivity index (χ0) is 11.3. The van der Waals surface area contributed by atoms with E-state index < -0.39 is 0 Å². The lowest BCUT2D eigenvalue weighted by atomic mass is 10.00. The molecule has 15 heavy (non-hydrogen) atoms. The molecule has 0 radical (unpaired) electrons. The first-order chi connectivity index (χ1) is 7.15. The normalized spacial score (nSPS) is 14.3. The van der Waals surface area contributed by atoms with Crippen LogP contribution in [0.3, 0.4) is 0 Å². The Balaban J connectivity index is 2.61. The van der Waals surface area contributed by atoms with E-state index in [4.69, 9.17) is 0 Å². The van der Waals surface area contributed by atoms with E-state index >= 15 is 0 Å². The maximum atomic E-state index is 11.8. The molecule has 2 heteroatoms. The van der Waals surface area contributed by atoms with Crippen molar-refractivity contribution in [1.82, 2.24) is 5.32 Å². The second-order valence-electron chi connectivity index (χ2n) is 3.95. The van der Waals surface area contributed by atoms with Gasteiger partial charge < -0.3 is 5.32 Å². The van der Waals surface area contributed by atoms with Crippen LogP contribution in [0.25, 0.3) is 0 Å². The van der Waals surface area contributed by atoms with Crippen molar-refractivity contribution in [2.45, 2.75) is 39.2 Å². The first-order valence-corrected chi connectivity index (χ1v) is 5.50. The Hall–Kier alpha value is -1.31. The Morgan fingerprint density at radius 1 is 1.27 bits per heavy atom. The predicted octanol–water partition coefficient (Wildman–Crippen LogP) is 2.70. The molecule has 1 rings (SSSR count). The highest BCUT2D eigenvalue weighted by Crippen LogP contribution is 2.14. The molecule has 1 aromatic rings. The first kappa shape index (κ1) is 11.8. The molecule has 1 amide bonds. The number of carbonyl (C=O) groups is 1. The predicted molar refractivity (Wildman–Crippen MR) is 62.8 cm³/mol. The van der Waals surface area contributed by atoms with Crippen molar-refractivity contribution in [3.8, 4) is 0 Å². The summed E-state index contributed by atoms with van der Waals surface area (Å²) < 4.78 is 0. The maximum Gasteiger partial charge on any atom is 0.227 e. The van der Waals surface area contributed by atoms with E-state index in [-0.39, 0.29) is 17.9 Å². The van der Waals surface area contributed by atoms with Crippen molar-refractivity contribution >= 4 is 5.91 Å². The molecule has 2 nitrogen and oxygen atoms in total. The lowest BCUT2D eigenvalue weighted by molar-refractivity contribution is -0.122. The van der Waals surface area contributed by atoms with Gasteiger partial charge in [-0.3, -0.25) is 4.79 Å². The van der Waals surface area contributed by atoms with Gasteiger partial charge >= 0.3 is 0 Å². The summed E-state index contributed by atoms with van der Waals surface area (Å²) in [5, 5.41) is 2.99. The van der Waals surface area contributed by atoms with Crippen LogP contribution in [-0.4, -0.2) is 11.9 Å². The van der Waals surface area contributed by atoms with Gasteiger partial charge in [0.1, 0.15) is 0 Å². The van der Waals surface area contributed by atoms with E-state index in [9.17, 15) is 4.79 Å². The lowest BCUT2D eigenvalue weighted by Crippen LogP contribution is -2.35. The molecule has 2 atom stereocenters. The van der Waals surface area contributed by atoms with Crippen molar-refractivity contribution in [1.29, 1.82) is 0 Å². The third-order valence-electron chi connectivity index (χ3n) is 2.69. The smallest absolute Gasteiger partial charge is 0.227 e. The van der Waals surface area contributed by atoms with Crippen molar-refractivity contribution in [3.05, 3.63) is 35.9 Å². The fourth-order valence-electron chi connectivity index (χ4n) is 1.36. The lowest BCUT2D eigenvalue weighted by Gasteiger charge is -2.16. The van der Waals surface area contributed by atoms with Crippen LogP contribution in [0.1, 0.15) is 38.7 Å². The Morgan fingerprint density at radius 3 is 2.40 bits per heavy atom. The summed E-state index contributed by atoms with van der Waals surface area (Å²) >= 11 is 0. The Bertz CT molecular complexity index is 308. The van der Waals surface area contributed by atoms with Crippen molar-refractivity contribution in [2.24, 2.45) is 0 Å². The molecule has 0 aliphatic carbocycles. The minimum atomic E-state index is -0.0693. The molecule has 0 aromatic heterocycles. The summed E-state index contributed by atoms with van der Waals surface area (Å²) in [6.07, 6.45) is 0.966. The van der Waals surface area contributed by atoms with Crippen LogP contribution in [-0.2, 0) is 4.79 Å². The molecule has 82 valence electrons. The van der Waals surface area contributed by atoms with Gasteiger partial charge in [0.2, 0.25) is 5.91 Å². The highest BCUT2D eigenvalue weighted by molar-refractivity contribution is 5.83. The maximum absolute atomic E-state index is 11.8. The van der Waals surface area contributed by atoms with E-state index in [2.05, 4.69) is 12.2 Å². The summed E-state index contributed by atoms with van der Waals surface area (Å²) in [7, 11) is 0. The molecule has 1 aromatic carbocycles. The minimum absolute atomic E-state index is 0.0693. The number of nitrogens with one attached hydrogen (secondary N) is 1. The molecule has 0 saturated heterocycles.